The summed E-state index contributed by atoms with van der Waals surface area (Å²) in [6, 6.07) is 0.121. The predicted octanol–water partition coefficient (Wildman–Crippen LogP) is 0.587. The van der Waals surface area contributed by atoms with Gasteiger partial charge in [0.15, 0.2) is 0 Å². The third kappa shape index (κ3) is 5.86. The monoisotopic (exact) mass is 257 g/mol. The Morgan fingerprint density at radius 1 is 1.28 bits per heavy atom. The Kier molecular flexibility index (Phi) is 5.91. The van der Waals surface area contributed by atoms with Crippen molar-refractivity contribution in [1.82, 2.24) is 15.1 Å². The highest BCUT2D eigenvalue weighted by atomic mass is 16.4. The van der Waals surface area contributed by atoms with Crippen molar-refractivity contribution in [3.8, 4) is 0 Å². The predicted molar refractivity (Wildman–Crippen MR) is 68.6 cm³/mol. The summed E-state index contributed by atoms with van der Waals surface area (Å²) in [7, 11) is 3.98. The summed E-state index contributed by atoms with van der Waals surface area (Å²) in [5.41, 5.74) is 0. The summed E-state index contributed by atoms with van der Waals surface area (Å²) in [6.45, 7) is 1.87. The lowest BCUT2D eigenvalue weighted by molar-refractivity contribution is -0.137. The fourth-order valence-electron chi connectivity index (χ4n) is 1.74. The summed E-state index contributed by atoms with van der Waals surface area (Å²) in [6.07, 6.45) is 2.90. The molecule has 1 aliphatic carbocycles. The first-order valence-corrected chi connectivity index (χ1v) is 6.41. The number of carbonyl (C=O) groups is 2. The zero-order chi connectivity index (χ0) is 13.5. The Labute approximate surface area is 108 Å². The van der Waals surface area contributed by atoms with Gasteiger partial charge in [-0.3, -0.25) is 4.79 Å². The number of nitrogens with zero attached hydrogens (tertiary/aromatic N) is 2. The maximum atomic E-state index is 11.9. The zero-order valence-corrected chi connectivity index (χ0v) is 11.2. The fourth-order valence-corrected chi connectivity index (χ4v) is 1.74. The first kappa shape index (κ1) is 14.8. The molecule has 0 atom stereocenters. The second-order valence-corrected chi connectivity index (χ2v) is 4.96. The van der Waals surface area contributed by atoms with Crippen molar-refractivity contribution in [2.24, 2.45) is 0 Å². The summed E-state index contributed by atoms with van der Waals surface area (Å²) in [4.78, 5) is 26.2. The van der Waals surface area contributed by atoms with Gasteiger partial charge in [0, 0.05) is 19.1 Å². The van der Waals surface area contributed by atoms with E-state index in [1.54, 1.807) is 4.90 Å². The number of urea groups is 1. The quantitative estimate of drug-likeness (QED) is 0.624. The lowest BCUT2D eigenvalue weighted by Gasteiger charge is -2.22. The van der Waals surface area contributed by atoms with E-state index in [2.05, 4.69) is 10.2 Å². The molecule has 1 rings (SSSR count). The van der Waals surface area contributed by atoms with E-state index in [0.29, 0.717) is 13.1 Å². The van der Waals surface area contributed by atoms with E-state index in [-0.39, 0.29) is 18.5 Å². The van der Waals surface area contributed by atoms with Crippen molar-refractivity contribution in [1.29, 1.82) is 0 Å². The summed E-state index contributed by atoms with van der Waals surface area (Å²) >= 11 is 0. The molecule has 0 radical (unpaired) electrons. The van der Waals surface area contributed by atoms with Crippen molar-refractivity contribution in [3.05, 3.63) is 0 Å². The molecular formula is C12H23N3O3. The molecule has 2 amide bonds. The van der Waals surface area contributed by atoms with Gasteiger partial charge in [0.25, 0.3) is 0 Å². The Balaban J connectivity index is 2.24. The highest BCUT2D eigenvalue weighted by Crippen LogP contribution is 2.26. The number of carboxylic acid groups (broad SMARTS) is 1. The second-order valence-electron chi connectivity index (χ2n) is 4.96. The third-order valence-electron chi connectivity index (χ3n) is 2.87. The van der Waals surface area contributed by atoms with Crippen LogP contribution in [0.25, 0.3) is 0 Å². The van der Waals surface area contributed by atoms with Gasteiger partial charge in [-0.05, 0) is 39.9 Å². The molecule has 0 bridgehead atoms. The van der Waals surface area contributed by atoms with Crippen LogP contribution in [0.3, 0.4) is 0 Å². The normalized spacial score (nSPS) is 14.6. The minimum atomic E-state index is -0.860. The van der Waals surface area contributed by atoms with Crippen LogP contribution < -0.4 is 5.32 Å². The van der Waals surface area contributed by atoms with Gasteiger partial charge in [0.05, 0.1) is 6.42 Å². The van der Waals surface area contributed by atoms with E-state index >= 15 is 0 Å². The molecule has 0 spiro atoms. The molecule has 1 aliphatic rings. The highest BCUT2D eigenvalue weighted by Gasteiger charge is 2.32. The van der Waals surface area contributed by atoms with Gasteiger partial charge >= 0.3 is 12.0 Å². The van der Waals surface area contributed by atoms with Crippen LogP contribution >= 0.6 is 0 Å². The molecule has 0 aromatic rings. The zero-order valence-electron chi connectivity index (χ0n) is 11.2. The van der Waals surface area contributed by atoms with E-state index in [1.165, 1.54) is 0 Å². The van der Waals surface area contributed by atoms with E-state index in [0.717, 1.165) is 25.8 Å². The molecule has 0 aromatic carbocycles. The number of rotatable bonds is 8. The molecule has 1 saturated carbocycles. The van der Waals surface area contributed by atoms with Crippen LogP contribution in [0.2, 0.25) is 0 Å². The standard InChI is InChI=1S/C12H23N3O3/c1-14(2)8-3-7-13-12(18)15(10-4-5-10)9-6-11(16)17/h10H,3-9H2,1-2H3,(H,13,18)(H,16,17). The SMILES string of the molecule is CN(C)CCCNC(=O)N(CCC(=O)O)C1CC1. The molecular weight excluding hydrogens is 234 g/mol. The number of carboxylic acids is 1. The molecule has 0 aliphatic heterocycles. The number of hydrogen-bond donors (Lipinski definition) is 2. The van der Waals surface area contributed by atoms with Crippen LogP contribution in [0.4, 0.5) is 4.79 Å². The molecule has 2 N–H and O–H groups in total. The van der Waals surface area contributed by atoms with Gasteiger partial charge in [-0.15, -0.1) is 0 Å². The minimum absolute atomic E-state index is 0.0155. The van der Waals surface area contributed by atoms with Crippen molar-refractivity contribution in [3.63, 3.8) is 0 Å². The molecule has 18 heavy (non-hydrogen) atoms. The summed E-state index contributed by atoms with van der Waals surface area (Å²) in [5.74, 6) is -0.860. The van der Waals surface area contributed by atoms with E-state index in [9.17, 15) is 9.59 Å². The first-order valence-electron chi connectivity index (χ1n) is 6.41. The van der Waals surface area contributed by atoms with Gasteiger partial charge in [-0.1, -0.05) is 0 Å². The maximum Gasteiger partial charge on any atom is 0.317 e. The van der Waals surface area contributed by atoms with Crippen LogP contribution in [0.15, 0.2) is 0 Å². The molecule has 1 fully saturated rings. The Morgan fingerprint density at radius 3 is 2.44 bits per heavy atom. The Bertz CT molecular complexity index is 290. The maximum absolute atomic E-state index is 11.9. The van der Waals surface area contributed by atoms with Crippen LogP contribution in [0.1, 0.15) is 25.7 Å². The fraction of sp³-hybridized carbons (Fsp3) is 0.833. The lowest BCUT2D eigenvalue weighted by Crippen LogP contribution is -2.43. The van der Waals surface area contributed by atoms with Crippen LogP contribution in [-0.2, 0) is 4.79 Å². The van der Waals surface area contributed by atoms with Gasteiger partial charge in [0.1, 0.15) is 0 Å². The molecule has 0 heterocycles. The smallest absolute Gasteiger partial charge is 0.317 e. The summed E-state index contributed by atoms with van der Waals surface area (Å²) < 4.78 is 0. The van der Waals surface area contributed by atoms with Crippen LogP contribution in [0, 0.1) is 0 Å². The van der Waals surface area contributed by atoms with Gasteiger partial charge < -0.3 is 20.2 Å². The average molecular weight is 257 g/mol. The van der Waals surface area contributed by atoms with Crippen molar-refractivity contribution < 1.29 is 14.7 Å². The van der Waals surface area contributed by atoms with E-state index in [4.69, 9.17) is 5.11 Å². The number of aliphatic carboxylic acids is 1. The van der Waals surface area contributed by atoms with Crippen molar-refractivity contribution in [2.75, 3.05) is 33.7 Å². The number of nitrogens with one attached hydrogen (secondary N) is 1. The Morgan fingerprint density at radius 2 is 1.94 bits per heavy atom. The van der Waals surface area contributed by atoms with Crippen molar-refractivity contribution >= 4 is 12.0 Å². The molecule has 6 nitrogen and oxygen atoms in total. The van der Waals surface area contributed by atoms with Gasteiger partial charge in [-0.2, -0.15) is 0 Å². The van der Waals surface area contributed by atoms with Crippen LogP contribution in [0.5, 0.6) is 0 Å². The number of hydrogen-bond acceptors (Lipinski definition) is 3. The highest BCUT2D eigenvalue weighted by molar-refractivity contribution is 5.76. The second kappa shape index (κ2) is 7.20. The minimum Gasteiger partial charge on any atom is -0.481 e. The number of carbonyl (C=O) groups excluding carboxylic acids is 1. The molecule has 104 valence electrons. The first-order chi connectivity index (χ1) is 8.50. The number of amides is 2. The van der Waals surface area contributed by atoms with Gasteiger partial charge in [-0.25, -0.2) is 4.79 Å². The summed E-state index contributed by atoms with van der Waals surface area (Å²) in [5, 5.41) is 11.5. The molecule has 0 unspecified atom stereocenters. The van der Waals surface area contributed by atoms with Crippen LogP contribution in [-0.4, -0.2) is 66.7 Å². The largest absolute Gasteiger partial charge is 0.481 e. The average Bonchev–Trinajstić information content (AvgIpc) is 3.08. The van der Waals surface area contributed by atoms with Gasteiger partial charge in [0.2, 0.25) is 0 Å². The molecule has 0 aromatic heterocycles. The third-order valence-corrected chi connectivity index (χ3v) is 2.87. The van der Waals surface area contributed by atoms with E-state index < -0.39 is 5.97 Å². The molecule has 6 heteroatoms. The van der Waals surface area contributed by atoms with Crippen molar-refractivity contribution in [2.45, 2.75) is 31.7 Å². The molecule has 0 saturated heterocycles. The van der Waals surface area contributed by atoms with E-state index in [1.807, 2.05) is 14.1 Å². The topological polar surface area (TPSA) is 72.9 Å². The lowest BCUT2D eigenvalue weighted by atomic mass is 10.3. The Hall–Kier alpha value is -1.30.